The Morgan fingerprint density at radius 3 is 2.53 bits per heavy atom. The van der Waals surface area contributed by atoms with Crippen molar-refractivity contribution in [1.29, 1.82) is 0 Å². The number of aromatic nitrogens is 3. The summed E-state index contributed by atoms with van der Waals surface area (Å²) in [7, 11) is 1.87. The van der Waals surface area contributed by atoms with Crippen molar-refractivity contribution in [2.45, 2.75) is 19.0 Å². The fraction of sp³-hybridized carbons (Fsp3) is 0.286. The second kappa shape index (κ2) is 10.2. The lowest BCUT2D eigenvalue weighted by molar-refractivity contribution is -0.113. The van der Waals surface area contributed by atoms with Gasteiger partial charge in [-0.1, -0.05) is 48.8 Å². The number of amides is 1. The Morgan fingerprint density at radius 1 is 1.13 bits per heavy atom. The maximum Gasteiger partial charge on any atom is 0.234 e. The van der Waals surface area contributed by atoms with Crippen LogP contribution in [0, 0.1) is 5.92 Å². The smallest absolute Gasteiger partial charge is 0.234 e. The third-order valence-electron chi connectivity index (χ3n) is 4.07. The molecule has 6 nitrogen and oxygen atoms in total. The molecular weight excluding hydrogens is 443 g/mol. The highest BCUT2D eigenvalue weighted by molar-refractivity contribution is 7.99. The summed E-state index contributed by atoms with van der Waals surface area (Å²) in [6.45, 7) is 4.89. The molecular formula is C21H22Cl2N4O2S. The van der Waals surface area contributed by atoms with Crippen molar-refractivity contribution >= 4 is 46.6 Å². The van der Waals surface area contributed by atoms with Crippen LogP contribution >= 0.6 is 35.0 Å². The summed E-state index contributed by atoms with van der Waals surface area (Å²) in [5.74, 6) is 2.03. The van der Waals surface area contributed by atoms with Gasteiger partial charge in [0, 0.05) is 18.3 Å². The molecule has 3 rings (SSSR count). The lowest BCUT2D eigenvalue weighted by atomic mass is 10.2. The monoisotopic (exact) mass is 464 g/mol. The number of nitrogens with one attached hydrogen (secondary N) is 1. The lowest BCUT2D eigenvalue weighted by Crippen LogP contribution is -2.14. The molecule has 0 aliphatic carbocycles. The molecule has 0 bridgehead atoms. The molecule has 30 heavy (non-hydrogen) atoms. The van der Waals surface area contributed by atoms with E-state index >= 15 is 0 Å². The van der Waals surface area contributed by atoms with Gasteiger partial charge in [-0.05, 0) is 48.4 Å². The third kappa shape index (κ3) is 5.90. The summed E-state index contributed by atoms with van der Waals surface area (Å²) in [6.07, 6.45) is 0. The first-order chi connectivity index (χ1) is 14.3. The van der Waals surface area contributed by atoms with E-state index in [1.165, 1.54) is 11.8 Å². The number of halogens is 2. The largest absolute Gasteiger partial charge is 0.493 e. The molecule has 1 N–H and O–H groups in total. The van der Waals surface area contributed by atoms with Gasteiger partial charge in [0.05, 0.1) is 22.4 Å². The van der Waals surface area contributed by atoms with Crippen molar-refractivity contribution in [3.05, 3.63) is 52.5 Å². The number of carbonyl (C=O) groups excluding carboxylic acids is 1. The number of hydrogen-bond acceptors (Lipinski definition) is 5. The number of carbonyl (C=O) groups is 1. The van der Waals surface area contributed by atoms with Gasteiger partial charge in [0.1, 0.15) is 5.75 Å². The molecule has 0 aliphatic heterocycles. The molecule has 0 radical (unpaired) electrons. The van der Waals surface area contributed by atoms with Crippen LogP contribution in [0.5, 0.6) is 5.75 Å². The zero-order chi connectivity index (χ0) is 21.7. The number of benzene rings is 2. The molecule has 158 valence electrons. The van der Waals surface area contributed by atoms with Gasteiger partial charge in [0.2, 0.25) is 5.91 Å². The molecule has 0 saturated carbocycles. The molecule has 0 atom stereocenters. The van der Waals surface area contributed by atoms with Crippen LogP contribution in [-0.2, 0) is 11.8 Å². The molecule has 1 heterocycles. The molecule has 0 aliphatic rings. The number of anilines is 1. The Morgan fingerprint density at radius 2 is 1.87 bits per heavy atom. The van der Waals surface area contributed by atoms with Gasteiger partial charge in [0.25, 0.3) is 0 Å². The molecule has 2 aromatic carbocycles. The van der Waals surface area contributed by atoms with Crippen LogP contribution in [0.25, 0.3) is 11.4 Å². The first-order valence-electron chi connectivity index (χ1n) is 9.34. The van der Waals surface area contributed by atoms with Crippen LogP contribution < -0.4 is 10.1 Å². The van der Waals surface area contributed by atoms with E-state index in [0.717, 1.165) is 17.1 Å². The zero-order valence-corrected chi connectivity index (χ0v) is 19.2. The number of rotatable bonds is 8. The quantitative estimate of drug-likeness (QED) is 0.442. The Bertz CT molecular complexity index is 1020. The Kier molecular flexibility index (Phi) is 7.64. The van der Waals surface area contributed by atoms with Crippen molar-refractivity contribution in [3.63, 3.8) is 0 Å². The average Bonchev–Trinajstić information content (AvgIpc) is 3.08. The summed E-state index contributed by atoms with van der Waals surface area (Å²) in [5, 5.41) is 12.7. The van der Waals surface area contributed by atoms with Gasteiger partial charge in [-0.25, -0.2) is 0 Å². The van der Waals surface area contributed by atoms with Crippen molar-refractivity contribution in [2.75, 3.05) is 17.7 Å². The van der Waals surface area contributed by atoms with Crippen LogP contribution in [-0.4, -0.2) is 33.0 Å². The number of hydrogen-bond donors (Lipinski definition) is 1. The maximum atomic E-state index is 12.2. The second-order valence-electron chi connectivity index (χ2n) is 7.06. The fourth-order valence-electron chi connectivity index (χ4n) is 2.56. The highest BCUT2D eigenvalue weighted by Crippen LogP contribution is 2.26. The van der Waals surface area contributed by atoms with Gasteiger partial charge in [0.15, 0.2) is 11.0 Å². The molecule has 0 spiro atoms. The van der Waals surface area contributed by atoms with Crippen molar-refractivity contribution in [3.8, 4) is 17.1 Å². The summed E-state index contributed by atoms with van der Waals surface area (Å²) >= 11 is 13.2. The van der Waals surface area contributed by atoms with Crippen molar-refractivity contribution < 1.29 is 9.53 Å². The van der Waals surface area contributed by atoms with Crippen LogP contribution in [0.2, 0.25) is 10.0 Å². The van der Waals surface area contributed by atoms with E-state index in [9.17, 15) is 4.79 Å². The highest BCUT2D eigenvalue weighted by Gasteiger charge is 2.13. The Hall–Kier alpha value is -2.22. The van der Waals surface area contributed by atoms with Crippen LogP contribution in [0.3, 0.4) is 0 Å². The zero-order valence-electron chi connectivity index (χ0n) is 16.9. The van der Waals surface area contributed by atoms with E-state index in [4.69, 9.17) is 27.9 Å². The van der Waals surface area contributed by atoms with Gasteiger partial charge in [-0.3, -0.25) is 4.79 Å². The topological polar surface area (TPSA) is 69.0 Å². The van der Waals surface area contributed by atoms with E-state index in [0.29, 0.717) is 33.4 Å². The van der Waals surface area contributed by atoms with Gasteiger partial charge >= 0.3 is 0 Å². The fourth-order valence-corrected chi connectivity index (χ4v) is 3.57. The first kappa shape index (κ1) is 22.5. The second-order valence-corrected chi connectivity index (χ2v) is 8.82. The van der Waals surface area contributed by atoms with E-state index in [1.807, 2.05) is 35.9 Å². The van der Waals surface area contributed by atoms with Crippen LogP contribution in [0.15, 0.2) is 47.6 Å². The van der Waals surface area contributed by atoms with Crippen LogP contribution in [0.4, 0.5) is 5.69 Å². The van der Waals surface area contributed by atoms with Crippen molar-refractivity contribution in [2.24, 2.45) is 13.0 Å². The predicted molar refractivity (Wildman–Crippen MR) is 123 cm³/mol. The summed E-state index contributed by atoms with van der Waals surface area (Å²) < 4.78 is 7.58. The molecule has 1 amide bonds. The summed E-state index contributed by atoms with van der Waals surface area (Å²) in [4.78, 5) is 12.2. The Labute approximate surface area is 189 Å². The molecule has 0 saturated heterocycles. The average molecular weight is 465 g/mol. The Balaban J connectivity index is 1.59. The van der Waals surface area contributed by atoms with E-state index in [1.54, 1.807) is 18.2 Å². The van der Waals surface area contributed by atoms with Crippen molar-refractivity contribution in [1.82, 2.24) is 14.8 Å². The molecule has 3 aromatic rings. The van der Waals surface area contributed by atoms with E-state index < -0.39 is 0 Å². The van der Waals surface area contributed by atoms with E-state index in [-0.39, 0.29) is 11.7 Å². The minimum atomic E-state index is -0.172. The van der Waals surface area contributed by atoms with Crippen LogP contribution in [0.1, 0.15) is 13.8 Å². The van der Waals surface area contributed by atoms with Gasteiger partial charge in [-0.15, -0.1) is 10.2 Å². The molecule has 1 aromatic heterocycles. The molecule has 0 unspecified atom stereocenters. The summed E-state index contributed by atoms with van der Waals surface area (Å²) in [6, 6.07) is 12.7. The maximum absolute atomic E-state index is 12.2. The minimum Gasteiger partial charge on any atom is -0.493 e. The minimum absolute atomic E-state index is 0.172. The molecule has 9 heteroatoms. The summed E-state index contributed by atoms with van der Waals surface area (Å²) in [5.41, 5.74) is 1.52. The highest BCUT2D eigenvalue weighted by atomic mass is 35.5. The lowest BCUT2D eigenvalue weighted by Gasteiger charge is -2.09. The molecule has 0 fully saturated rings. The standard InChI is InChI=1S/C21H22Cl2N4O2S/c1-13(2)11-29-16-7-4-14(5-8-16)20-25-26-21(27(20)3)30-12-19(28)24-15-6-9-17(22)18(23)10-15/h4-10,13H,11-12H2,1-3H3,(H,24,28). The third-order valence-corrected chi connectivity index (χ3v) is 5.83. The number of thioether (sulfide) groups is 1. The number of nitrogens with zero attached hydrogens (tertiary/aromatic N) is 3. The van der Waals surface area contributed by atoms with Gasteiger partial charge < -0.3 is 14.6 Å². The number of ether oxygens (including phenoxy) is 1. The predicted octanol–water partition coefficient (Wildman–Crippen LogP) is 5.55. The van der Waals surface area contributed by atoms with E-state index in [2.05, 4.69) is 29.4 Å². The van der Waals surface area contributed by atoms with Gasteiger partial charge in [-0.2, -0.15) is 0 Å². The first-order valence-corrected chi connectivity index (χ1v) is 11.1. The normalized spacial score (nSPS) is 11.0. The SMILES string of the molecule is CC(C)COc1ccc(-c2nnc(SCC(=O)Nc3ccc(Cl)c(Cl)c3)n2C)cc1.